The SMILES string of the molecule is CSc1nc(N2CCOCC2)c2cnn(CCNC(=O)CCCc3ccccc3)c2n1. The number of nitrogens with zero attached hydrogens (tertiary/aromatic N) is 5. The average Bonchev–Trinajstić information content (AvgIpc) is 3.22. The highest BCUT2D eigenvalue weighted by Gasteiger charge is 2.19. The van der Waals surface area contributed by atoms with Gasteiger partial charge in [0.25, 0.3) is 0 Å². The first kappa shape index (κ1) is 21.6. The zero-order valence-corrected chi connectivity index (χ0v) is 18.6. The Bertz CT molecular complexity index is 1000. The van der Waals surface area contributed by atoms with Gasteiger partial charge in [-0.25, -0.2) is 14.6 Å². The molecule has 1 amide bonds. The molecule has 0 bridgehead atoms. The van der Waals surface area contributed by atoms with Crippen LogP contribution in [0.5, 0.6) is 0 Å². The first-order valence-electron chi connectivity index (χ1n) is 10.7. The molecule has 0 aliphatic carbocycles. The van der Waals surface area contributed by atoms with Crippen molar-refractivity contribution in [2.45, 2.75) is 31.0 Å². The molecule has 3 heterocycles. The summed E-state index contributed by atoms with van der Waals surface area (Å²) in [4.78, 5) is 23.8. The molecule has 0 unspecified atom stereocenters. The van der Waals surface area contributed by atoms with Crippen molar-refractivity contribution in [2.75, 3.05) is 44.0 Å². The Hall–Kier alpha value is -2.65. The van der Waals surface area contributed by atoms with Crippen molar-refractivity contribution in [2.24, 2.45) is 0 Å². The first-order valence-corrected chi connectivity index (χ1v) is 11.9. The van der Waals surface area contributed by atoms with Gasteiger partial charge < -0.3 is 15.0 Å². The summed E-state index contributed by atoms with van der Waals surface area (Å²) < 4.78 is 7.32. The lowest BCUT2D eigenvalue weighted by Crippen LogP contribution is -2.37. The Kier molecular flexibility index (Phi) is 7.37. The second kappa shape index (κ2) is 10.6. The normalized spacial score (nSPS) is 14.2. The number of morpholine rings is 1. The summed E-state index contributed by atoms with van der Waals surface area (Å²) in [5.41, 5.74) is 2.07. The number of aryl methyl sites for hydroxylation is 1. The zero-order chi connectivity index (χ0) is 21.5. The monoisotopic (exact) mass is 440 g/mol. The molecule has 4 rings (SSSR count). The van der Waals surface area contributed by atoms with Crippen LogP contribution in [0.15, 0.2) is 41.7 Å². The standard InChI is InChI=1S/C22H28N6O2S/c1-31-22-25-20(27-12-14-30-15-13-27)18-16-24-28(21(18)26-22)11-10-23-19(29)9-5-8-17-6-3-2-4-7-17/h2-4,6-7,16H,5,8-15H2,1H3,(H,23,29). The van der Waals surface area contributed by atoms with Gasteiger partial charge in [-0.3, -0.25) is 4.79 Å². The number of hydrogen-bond acceptors (Lipinski definition) is 7. The Morgan fingerprint density at radius 1 is 1.19 bits per heavy atom. The van der Waals surface area contributed by atoms with Crippen LogP contribution < -0.4 is 10.2 Å². The maximum absolute atomic E-state index is 12.2. The van der Waals surface area contributed by atoms with E-state index in [1.165, 1.54) is 17.3 Å². The molecule has 164 valence electrons. The summed E-state index contributed by atoms with van der Waals surface area (Å²) >= 11 is 1.52. The summed E-state index contributed by atoms with van der Waals surface area (Å²) in [7, 11) is 0. The molecule has 1 fully saturated rings. The number of hydrogen-bond donors (Lipinski definition) is 1. The van der Waals surface area contributed by atoms with E-state index in [4.69, 9.17) is 9.72 Å². The third kappa shape index (κ3) is 5.54. The Labute approximate surface area is 186 Å². The molecule has 1 aromatic carbocycles. The number of benzene rings is 1. The van der Waals surface area contributed by atoms with Crippen LogP contribution >= 0.6 is 11.8 Å². The van der Waals surface area contributed by atoms with Crippen molar-refractivity contribution in [1.82, 2.24) is 25.1 Å². The van der Waals surface area contributed by atoms with Gasteiger partial charge in [-0.2, -0.15) is 5.10 Å². The molecular weight excluding hydrogens is 412 g/mol. The molecular formula is C22H28N6O2S. The maximum atomic E-state index is 12.2. The molecule has 9 heteroatoms. The minimum absolute atomic E-state index is 0.0702. The molecule has 1 aliphatic rings. The predicted molar refractivity (Wildman–Crippen MR) is 123 cm³/mol. The van der Waals surface area contributed by atoms with E-state index in [1.54, 1.807) is 0 Å². The number of carbonyl (C=O) groups excluding carboxylic acids is 1. The van der Waals surface area contributed by atoms with E-state index in [9.17, 15) is 4.79 Å². The van der Waals surface area contributed by atoms with E-state index in [0.29, 0.717) is 32.7 Å². The van der Waals surface area contributed by atoms with Crippen LogP contribution in [-0.4, -0.2) is 64.8 Å². The van der Waals surface area contributed by atoms with Crippen LogP contribution in [0.2, 0.25) is 0 Å². The smallest absolute Gasteiger partial charge is 0.220 e. The molecule has 2 aromatic heterocycles. The number of anilines is 1. The lowest BCUT2D eigenvalue weighted by Gasteiger charge is -2.28. The van der Waals surface area contributed by atoms with Gasteiger partial charge in [-0.1, -0.05) is 42.1 Å². The van der Waals surface area contributed by atoms with Crippen molar-refractivity contribution in [3.8, 4) is 0 Å². The Balaban J connectivity index is 1.34. The molecule has 3 aromatic rings. The van der Waals surface area contributed by atoms with Gasteiger partial charge in [0.1, 0.15) is 5.82 Å². The largest absolute Gasteiger partial charge is 0.378 e. The van der Waals surface area contributed by atoms with Gasteiger partial charge in [-0.05, 0) is 24.7 Å². The highest BCUT2D eigenvalue weighted by Crippen LogP contribution is 2.27. The summed E-state index contributed by atoms with van der Waals surface area (Å²) in [6.07, 6.45) is 6.08. The van der Waals surface area contributed by atoms with Crippen molar-refractivity contribution in [1.29, 1.82) is 0 Å². The van der Waals surface area contributed by atoms with Crippen LogP contribution in [-0.2, 0) is 22.5 Å². The quantitative estimate of drug-likeness (QED) is 0.404. The van der Waals surface area contributed by atoms with Crippen LogP contribution in [0.1, 0.15) is 18.4 Å². The topological polar surface area (TPSA) is 85.2 Å². The third-order valence-corrected chi connectivity index (χ3v) is 5.85. The van der Waals surface area contributed by atoms with Crippen molar-refractivity contribution >= 4 is 34.5 Å². The Morgan fingerprint density at radius 3 is 2.77 bits per heavy atom. The minimum Gasteiger partial charge on any atom is -0.378 e. The molecule has 31 heavy (non-hydrogen) atoms. The first-order chi connectivity index (χ1) is 15.2. The number of ether oxygens (including phenoxy) is 1. The fraction of sp³-hybridized carbons (Fsp3) is 0.455. The fourth-order valence-corrected chi connectivity index (χ4v) is 4.03. The highest BCUT2D eigenvalue weighted by atomic mass is 32.2. The number of nitrogens with one attached hydrogen (secondary N) is 1. The molecule has 1 N–H and O–H groups in total. The van der Waals surface area contributed by atoms with Gasteiger partial charge in [0, 0.05) is 26.1 Å². The summed E-state index contributed by atoms with van der Waals surface area (Å²) in [5.74, 6) is 0.981. The van der Waals surface area contributed by atoms with E-state index < -0.39 is 0 Å². The van der Waals surface area contributed by atoms with Crippen LogP contribution in [0.25, 0.3) is 11.0 Å². The lowest BCUT2D eigenvalue weighted by molar-refractivity contribution is -0.121. The molecule has 1 saturated heterocycles. The van der Waals surface area contributed by atoms with Gasteiger partial charge in [0.05, 0.1) is 31.3 Å². The molecule has 1 aliphatic heterocycles. The fourth-order valence-electron chi connectivity index (χ4n) is 3.68. The third-order valence-electron chi connectivity index (χ3n) is 5.31. The van der Waals surface area contributed by atoms with E-state index in [0.717, 1.165) is 47.9 Å². The highest BCUT2D eigenvalue weighted by molar-refractivity contribution is 7.98. The molecule has 0 spiro atoms. The summed E-state index contributed by atoms with van der Waals surface area (Å²) in [5, 5.41) is 9.19. The van der Waals surface area contributed by atoms with Crippen LogP contribution in [0.4, 0.5) is 5.82 Å². The van der Waals surface area contributed by atoms with Crippen LogP contribution in [0, 0.1) is 0 Å². The van der Waals surface area contributed by atoms with E-state index in [1.807, 2.05) is 35.3 Å². The van der Waals surface area contributed by atoms with Crippen molar-refractivity contribution in [3.63, 3.8) is 0 Å². The predicted octanol–water partition coefficient (Wildman–Crippen LogP) is 2.52. The molecule has 0 atom stereocenters. The number of thioether (sulfide) groups is 1. The van der Waals surface area contributed by atoms with Gasteiger partial charge in [0.2, 0.25) is 5.91 Å². The molecule has 0 radical (unpaired) electrons. The van der Waals surface area contributed by atoms with Gasteiger partial charge in [-0.15, -0.1) is 0 Å². The number of carbonyl (C=O) groups is 1. The van der Waals surface area contributed by atoms with E-state index >= 15 is 0 Å². The number of fused-ring (bicyclic) bond motifs is 1. The molecule has 8 nitrogen and oxygen atoms in total. The van der Waals surface area contributed by atoms with Crippen molar-refractivity contribution in [3.05, 3.63) is 42.1 Å². The lowest BCUT2D eigenvalue weighted by atomic mass is 10.1. The number of aromatic nitrogens is 4. The van der Waals surface area contributed by atoms with Crippen molar-refractivity contribution < 1.29 is 9.53 Å². The number of rotatable bonds is 9. The Morgan fingerprint density at radius 2 is 2.00 bits per heavy atom. The van der Waals surface area contributed by atoms with E-state index in [-0.39, 0.29) is 5.91 Å². The number of amides is 1. The minimum atomic E-state index is 0.0702. The maximum Gasteiger partial charge on any atom is 0.220 e. The summed E-state index contributed by atoms with van der Waals surface area (Å²) in [6.45, 7) is 4.11. The average molecular weight is 441 g/mol. The second-order valence-corrected chi connectivity index (χ2v) is 8.20. The van der Waals surface area contributed by atoms with Gasteiger partial charge in [0.15, 0.2) is 10.8 Å². The van der Waals surface area contributed by atoms with Crippen LogP contribution in [0.3, 0.4) is 0 Å². The molecule has 0 saturated carbocycles. The zero-order valence-electron chi connectivity index (χ0n) is 17.8. The second-order valence-electron chi connectivity index (χ2n) is 7.43. The summed E-state index contributed by atoms with van der Waals surface area (Å²) in [6, 6.07) is 10.2. The van der Waals surface area contributed by atoms with E-state index in [2.05, 4.69) is 32.4 Å². The van der Waals surface area contributed by atoms with Gasteiger partial charge >= 0.3 is 0 Å².